The fraction of sp³-hybridized carbons (Fsp3) is 0.667. The normalized spacial score (nSPS) is 40.1. The number of rotatable bonds is 2. The van der Waals surface area contributed by atoms with Gasteiger partial charge in [0, 0.05) is 6.20 Å². The Morgan fingerprint density at radius 2 is 2.27 bits per heavy atom. The van der Waals surface area contributed by atoms with Gasteiger partial charge in [-0.25, -0.2) is 0 Å². The van der Waals surface area contributed by atoms with Gasteiger partial charge in [-0.15, -0.1) is 0 Å². The smallest absolute Gasteiger partial charge is 0.144 e. The first-order valence-electron chi connectivity index (χ1n) is 4.82. The van der Waals surface area contributed by atoms with E-state index in [0.29, 0.717) is 12.4 Å². The molecule has 0 saturated carbocycles. The first-order valence-corrected chi connectivity index (χ1v) is 4.82. The predicted molar refractivity (Wildman–Crippen MR) is 52.3 cm³/mol. The Hall–Kier alpha value is -0.950. The second-order valence-electron chi connectivity index (χ2n) is 3.53. The maximum Gasteiger partial charge on any atom is 0.144 e. The first kappa shape index (κ1) is 10.6. The van der Waals surface area contributed by atoms with Crippen LogP contribution in [0.3, 0.4) is 0 Å². The van der Waals surface area contributed by atoms with Gasteiger partial charge >= 0.3 is 0 Å². The second-order valence-corrected chi connectivity index (χ2v) is 3.53. The molecule has 0 spiro atoms. The number of amidine groups is 1. The zero-order valence-corrected chi connectivity index (χ0v) is 8.08. The highest BCUT2D eigenvalue weighted by Crippen LogP contribution is 2.22. The van der Waals surface area contributed by atoms with Crippen LogP contribution in [0, 0.1) is 0 Å². The third-order valence-electron chi connectivity index (χ3n) is 2.53. The lowest BCUT2D eigenvalue weighted by Crippen LogP contribution is -2.42. The van der Waals surface area contributed by atoms with Crippen molar-refractivity contribution in [3.05, 3.63) is 12.3 Å². The molecule has 0 aromatic rings. The van der Waals surface area contributed by atoms with Crippen molar-refractivity contribution >= 4 is 5.84 Å². The molecular weight excluding hydrogens is 200 g/mol. The predicted octanol–water partition coefficient (Wildman–Crippen LogP) is -2.02. The van der Waals surface area contributed by atoms with E-state index in [0.717, 1.165) is 0 Å². The van der Waals surface area contributed by atoms with Crippen molar-refractivity contribution in [1.82, 2.24) is 5.32 Å². The molecule has 2 aliphatic rings. The van der Waals surface area contributed by atoms with Crippen molar-refractivity contribution in [1.29, 1.82) is 0 Å². The number of nitrogens with zero attached hydrogens (tertiary/aromatic N) is 1. The maximum atomic E-state index is 9.68. The molecule has 2 heterocycles. The number of hydrogen-bond acceptors (Lipinski definition) is 6. The van der Waals surface area contributed by atoms with Crippen molar-refractivity contribution in [3.8, 4) is 0 Å². The first-order chi connectivity index (χ1) is 7.24. The summed E-state index contributed by atoms with van der Waals surface area (Å²) in [5.41, 5.74) is 0. The van der Waals surface area contributed by atoms with Crippen LogP contribution in [-0.2, 0) is 4.74 Å². The van der Waals surface area contributed by atoms with Gasteiger partial charge in [-0.1, -0.05) is 0 Å². The zero-order valence-electron chi connectivity index (χ0n) is 8.08. The van der Waals surface area contributed by atoms with Crippen molar-refractivity contribution in [2.45, 2.75) is 24.4 Å². The summed E-state index contributed by atoms with van der Waals surface area (Å²) in [6.07, 6.45) is -0.0419. The summed E-state index contributed by atoms with van der Waals surface area (Å²) in [5.74, 6) is 0.486. The molecule has 0 bridgehead atoms. The number of aliphatic hydroxyl groups is 3. The van der Waals surface area contributed by atoms with Crippen LogP contribution in [0.1, 0.15) is 0 Å². The summed E-state index contributed by atoms with van der Waals surface area (Å²) in [6, 6.07) is 0. The van der Waals surface area contributed by atoms with Gasteiger partial charge in [0.2, 0.25) is 0 Å². The SMILES string of the molecule is OC[C@H]1OC(C2=NCC=CN2)[C@H](O)[C@@H]1O. The van der Waals surface area contributed by atoms with Crippen molar-refractivity contribution in [3.63, 3.8) is 0 Å². The van der Waals surface area contributed by atoms with E-state index < -0.39 is 24.4 Å². The molecule has 4 atom stereocenters. The van der Waals surface area contributed by atoms with Crippen LogP contribution in [-0.4, -0.2) is 58.7 Å². The molecule has 2 rings (SSSR count). The Labute approximate surface area is 86.9 Å². The van der Waals surface area contributed by atoms with Crippen LogP contribution in [0.25, 0.3) is 0 Å². The molecule has 0 aromatic carbocycles. The largest absolute Gasteiger partial charge is 0.394 e. The van der Waals surface area contributed by atoms with Gasteiger partial charge in [0.25, 0.3) is 0 Å². The molecule has 6 heteroatoms. The summed E-state index contributed by atoms with van der Waals surface area (Å²) in [7, 11) is 0. The van der Waals surface area contributed by atoms with E-state index in [9.17, 15) is 10.2 Å². The van der Waals surface area contributed by atoms with Gasteiger partial charge in [-0.05, 0) is 6.08 Å². The van der Waals surface area contributed by atoms with Crippen LogP contribution in [0.4, 0.5) is 0 Å². The fourth-order valence-electron chi connectivity index (χ4n) is 1.69. The van der Waals surface area contributed by atoms with E-state index in [-0.39, 0.29) is 6.61 Å². The van der Waals surface area contributed by atoms with E-state index >= 15 is 0 Å². The molecule has 15 heavy (non-hydrogen) atoms. The lowest BCUT2D eigenvalue weighted by Gasteiger charge is -2.18. The van der Waals surface area contributed by atoms with E-state index in [1.807, 2.05) is 6.08 Å². The Balaban J connectivity index is 2.07. The number of ether oxygens (including phenoxy) is 1. The Kier molecular flexibility index (Phi) is 3.01. The number of aliphatic imine (C=N–C) groups is 1. The highest BCUT2D eigenvalue weighted by molar-refractivity contribution is 5.89. The highest BCUT2D eigenvalue weighted by Gasteiger charge is 2.44. The minimum atomic E-state index is -1.07. The molecular formula is C9H14N2O4. The lowest BCUT2D eigenvalue weighted by atomic mass is 10.1. The molecule has 84 valence electrons. The van der Waals surface area contributed by atoms with Crippen molar-refractivity contribution in [2.75, 3.05) is 13.2 Å². The minimum Gasteiger partial charge on any atom is -0.394 e. The van der Waals surface area contributed by atoms with Gasteiger partial charge in [0.05, 0.1) is 13.2 Å². The number of hydrogen-bond donors (Lipinski definition) is 4. The molecule has 1 fully saturated rings. The van der Waals surface area contributed by atoms with Gasteiger partial charge < -0.3 is 25.4 Å². The van der Waals surface area contributed by atoms with E-state index in [1.165, 1.54) is 0 Å². The average molecular weight is 214 g/mol. The van der Waals surface area contributed by atoms with E-state index in [1.54, 1.807) is 6.20 Å². The molecule has 1 saturated heterocycles. The van der Waals surface area contributed by atoms with Crippen LogP contribution in [0.2, 0.25) is 0 Å². The van der Waals surface area contributed by atoms with Crippen LogP contribution in [0.5, 0.6) is 0 Å². The molecule has 2 aliphatic heterocycles. The summed E-state index contributed by atoms with van der Waals surface area (Å²) in [5, 5.41) is 31.0. The maximum absolute atomic E-state index is 9.68. The third-order valence-corrected chi connectivity index (χ3v) is 2.53. The Morgan fingerprint density at radius 3 is 2.80 bits per heavy atom. The molecule has 0 aliphatic carbocycles. The molecule has 0 amide bonds. The quantitative estimate of drug-likeness (QED) is 0.426. The van der Waals surface area contributed by atoms with Gasteiger partial charge in [-0.2, -0.15) is 0 Å². The Morgan fingerprint density at radius 1 is 1.47 bits per heavy atom. The van der Waals surface area contributed by atoms with Crippen LogP contribution >= 0.6 is 0 Å². The molecule has 1 unspecified atom stereocenters. The summed E-state index contributed by atoms with van der Waals surface area (Å²) < 4.78 is 5.30. The van der Waals surface area contributed by atoms with Gasteiger partial charge in [0.1, 0.15) is 30.3 Å². The van der Waals surface area contributed by atoms with Crippen molar-refractivity contribution < 1.29 is 20.1 Å². The summed E-state index contributed by atoms with van der Waals surface area (Å²) in [6.45, 7) is 0.201. The average Bonchev–Trinajstić information content (AvgIpc) is 2.57. The summed E-state index contributed by atoms with van der Waals surface area (Å²) >= 11 is 0. The molecule has 6 nitrogen and oxygen atoms in total. The monoisotopic (exact) mass is 214 g/mol. The van der Waals surface area contributed by atoms with Crippen molar-refractivity contribution in [2.24, 2.45) is 4.99 Å². The number of aliphatic hydroxyl groups excluding tert-OH is 3. The van der Waals surface area contributed by atoms with Crippen LogP contribution < -0.4 is 5.32 Å². The standard InChI is InChI=1S/C9H14N2O4/c12-4-5-6(13)7(14)8(15-5)9-10-2-1-3-11-9/h1-2,5-8,12-14H,3-4H2,(H,10,11)/t5-,6-,7-,8?/m1/s1. The zero-order chi connectivity index (χ0) is 10.8. The highest BCUT2D eigenvalue weighted by atomic mass is 16.6. The molecule has 4 N–H and O–H groups in total. The third kappa shape index (κ3) is 1.89. The topological polar surface area (TPSA) is 94.3 Å². The van der Waals surface area contributed by atoms with Gasteiger partial charge in [-0.3, -0.25) is 4.99 Å². The van der Waals surface area contributed by atoms with Gasteiger partial charge in [0.15, 0.2) is 0 Å². The molecule has 0 radical (unpaired) electrons. The second kappa shape index (κ2) is 4.28. The van der Waals surface area contributed by atoms with E-state index in [4.69, 9.17) is 9.84 Å². The number of nitrogens with one attached hydrogen (secondary N) is 1. The lowest BCUT2D eigenvalue weighted by molar-refractivity contribution is -0.0103. The van der Waals surface area contributed by atoms with E-state index in [2.05, 4.69) is 10.3 Å². The summed E-state index contributed by atoms with van der Waals surface area (Å²) in [4.78, 5) is 4.11. The Bertz CT molecular complexity index is 292. The fourth-order valence-corrected chi connectivity index (χ4v) is 1.69. The molecule has 0 aromatic heterocycles. The van der Waals surface area contributed by atoms with Crippen LogP contribution in [0.15, 0.2) is 17.3 Å². The minimum absolute atomic E-state index is 0.322.